The molecule has 0 amide bonds. The van der Waals surface area contributed by atoms with Crippen LogP contribution in [0, 0.1) is 86.3 Å². The second kappa shape index (κ2) is 13.6. The molecule has 9 unspecified atom stereocenters. The zero-order valence-corrected chi connectivity index (χ0v) is 32.8. The van der Waals surface area contributed by atoms with E-state index in [1.807, 2.05) is 0 Å². The average Bonchev–Trinajstić information content (AvgIpc) is 3.47. The maximum absolute atomic E-state index is 2.50. The van der Waals surface area contributed by atoms with E-state index in [1.165, 1.54) is 77.0 Å². The normalized spacial score (nSPS) is 46.7. The summed E-state index contributed by atoms with van der Waals surface area (Å²) in [6.45, 7) is 38.9. The van der Waals surface area contributed by atoms with Gasteiger partial charge in [-0.15, -0.1) is 0 Å². The Hall–Kier alpha value is 0. The van der Waals surface area contributed by atoms with Gasteiger partial charge in [0, 0.05) is 0 Å². The molecular formula is C43H82. The minimum absolute atomic E-state index is 0.622. The third-order valence-corrected chi connectivity index (χ3v) is 16.2. The monoisotopic (exact) mass is 599 g/mol. The zero-order valence-electron chi connectivity index (χ0n) is 32.8. The molecule has 254 valence electrons. The van der Waals surface area contributed by atoms with Crippen LogP contribution in [0.5, 0.6) is 0 Å². The standard InChI is InChI=1S/2C11H20.C11H22.C10H20/c1-8-10(2,3)9-5-6-11(8,4)7-9;1-8-7-9-5-6-11(8,4)10(9,2)3;1-8(2)11-6-5-9(3)7-10(11)4;1-8-5-9(2)7-10(3,4)6-8/h2*8-9H,5-7H2,1-4H3;8-11H,5-7H2,1-4H3;8-9H,5-7H2,1-4H3/t2*8-,9?,11?;;/m11../s1. The van der Waals surface area contributed by atoms with E-state index in [9.17, 15) is 0 Å². The van der Waals surface area contributed by atoms with E-state index in [0.717, 1.165) is 59.2 Å². The van der Waals surface area contributed by atoms with E-state index >= 15 is 0 Å². The van der Waals surface area contributed by atoms with Crippen LogP contribution in [-0.4, -0.2) is 0 Å². The highest BCUT2D eigenvalue weighted by Crippen LogP contribution is 2.68. The van der Waals surface area contributed by atoms with Gasteiger partial charge >= 0.3 is 0 Å². The fourth-order valence-electron chi connectivity index (χ4n) is 12.7. The van der Waals surface area contributed by atoms with Crippen LogP contribution in [0.25, 0.3) is 0 Å². The van der Waals surface area contributed by atoms with Gasteiger partial charge < -0.3 is 0 Å². The van der Waals surface area contributed by atoms with Crippen molar-refractivity contribution in [3.8, 4) is 0 Å². The van der Waals surface area contributed by atoms with Crippen molar-refractivity contribution in [2.45, 2.75) is 188 Å². The molecule has 0 spiro atoms. The first-order valence-corrected chi connectivity index (χ1v) is 19.6. The molecule has 0 saturated heterocycles. The van der Waals surface area contributed by atoms with Crippen molar-refractivity contribution >= 4 is 0 Å². The first kappa shape index (κ1) is 37.5. The van der Waals surface area contributed by atoms with Gasteiger partial charge in [-0.25, -0.2) is 0 Å². The Balaban J connectivity index is 0.000000157. The minimum atomic E-state index is 0.622. The molecule has 6 aliphatic carbocycles. The molecular weight excluding hydrogens is 516 g/mol. The van der Waals surface area contributed by atoms with Crippen LogP contribution in [0.3, 0.4) is 0 Å². The van der Waals surface area contributed by atoms with Crippen LogP contribution in [-0.2, 0) is 0 Å². The maximum atomic E-state index is 2.50. The van der Waals surface area contributed by atoms with E-state index in [0.29, 0.717) is 27.1 Å². The van der Waals surface area contributed by atoms with Crippen molar-refractivity contribution in [3.63, 3.8) is 0 Å². The molecule has 6 fully saturated rings. The van der Waals surface area contributed by atoms with Crippen molar-refractivity contribution in [3.05, 3.63) is 0 Å². The van der Waals surface area contributed by atoms with Gasteiger partial charge in [0.15, 0.2) is 0 Å². The predicted octanol–water partition coefficient (Wildman–Crippen LogP) is 14.1. The second-order valence-corrected chi connectivity index (χ2v) is 21.0. The summed E-state index contributed by atoms with van der Waals surface area (Å²) in [7, 11) is 0. The quantitative estimate of drug-likeness (QED) is 0.281. The van der Waals surface area contributed by atoms with Crippen molar-refractivity contribution in [2.75, 3.05) is 0 Å². The van der Waals surface area contributed by atoms with E-state index in [-0.39, 0.29) is 0 Å². The van der Waals surface area contributed by atoms with Gasteiger partial charge in [0.2, 0.25) is 0 Å². The fraction of sp³-hybridized carbons (Fsp3) is 1.00. The van der Waals surface area contributed by atoms with E-state index in [2.05, 4.69) is 111 Å². The van der Waals surface area contributed by atoms with Crippen molar-refractivity contribution < 1.29 is 0 Å². The molecule has 0 heteroatoms. The number of hydrogen-bond acceptors (Lipinski definition) is 0. The van der Waals surface area contributed by atoms with Crippen LogP contribution in [0.15, 0.2) is 0 Å². The Morgan fingerprint density at radius 2 is 1.12 bits per heavy atom. The molecule has 0 aromatic carbocycles. The van der Waals surface area contributed by atoms with E-state index < -0.39 is 0 Å². The van der Waals surface area contributed by atoms with Crippen molar-refractivity contribution in [2.24, 2.45) is 86.3 Å². The highest BCUT2D eigenvalue weighted by Gasteiger charge is 2.59. The average molecular weight is 599 g/mol. The number of fused-ring (bicyclic) bond motifs is 4. The first-order chi connectivity index (χ1) is 19.6. The molecule has 0 radical (unpaired) electrons. The molecule has 11 atom stereocenters. The minimum Gasteiger partial charge on any atom is -0.0625 e. The summed E-state index contributed by atoms with van der Waals surface area (Å²) in [5.41, 5.74) is 3.25. The Morgan fingerprint density at radius 1 is 0.558 bits per heavy atom. The van der Waals surface area contributed by atoms with Crippen LogP contribution in [0.2, 0.25) is 0 Å². The van der Waals surface area contributed by atoms with Crippen LogP contribution < -0.4 is 0 Å². The predicted molar refractivity (Wildman–Crippen MR) is 193 cm³/mol. The molecule has 43 heavy (non-hydrogen) atoms. The lowest BCUT2D eigenvalue weighted by Gasteiger charge is -2.40. The summed E-state index contributed by atoms with van der Waals surface area (Å²) >= 11 is 0. The van der Waals surface area contributed by atoms with Gasteiger partial charge in [-0.3, -0.25) is 0 Å². The summed E-state index contributed by atoms with van der Waals surface area (Å²) in [5.74, 6) is 9.75. The van der Waals surface area contributed by atoms with Crippen molar-refractivity contribution in [1.82, 2.24) is 0 Å². The lowest BCUT2D eigenvalue weighted by Crippen LogP contribution is -2.32. The maximum Gasteiger partial charge on any atom is -0.0246 e. The van der Waals surface area contributed by atoms with Gasteiger partial charge in [-0.05, 0) is 157 Å². The van der Waals surface area contributed by atoms with Crippen LogP contribution in [0.4, 0.5) is 0 Å². The SMILES string of the molecule is CC1CC(C)CC(C)(C)C1.CC1CCC(C(C)C)C(C)C1.C[C@@H]1CC2CCC1(C)C2(C)C.C[C@H]1C2(C)CCC(C2)C1(C)C. The number of rotatable bonds is 1. The third-order valence-electron chi connectivity index (χ3n) is 16.2. The highest BCUT2D eigenvalue weighted by atomic mass is 14.6. The van der Waals surface area contributed by atoms with Gasteiger partial charge in [-0.1, -0.05) is 117 Å². The molecule has 0 heterocycles. The topological polar surface area (TPSA) is 0 Å². The third kappa shape index (κ3) is 8.11. The molecule has 0 nitrogen and oxygen atoms in total. The Bertz CT molecular complexity index is 858. The molecule has 0 N–H and O–H groups in total. The fourth-order valence-corrected chi connectivity index (χ4v) is 12.7. The molecule has 6 saturated carbocycles. The Morgan fingerprint density at radius 3 is 1.42 bits per heavy atom. The lowest BCUT2D eigenvalue weighted by atomic mass is 9.65. The summed E-state index contributed by atoms with van der Waals surface area (Å²) in [6, 6.07) is 0. The molecule has 4 bridgehead atoms. The zero-order chi connectivity index (χ0) is 32.8. The van der Waals surface area contributed by atoms with Gasteiger partial charge in [0.25, 0.3) is 0 Å². The summed E-state index contributed by atoms with van der Waals surface area (Å²) < 4.78 is 0. The largest absolute Gasteiger partial charge is 0.0625 e. The Labute approximate surface area is 273 Å². The molecule has 6 rings (SSSR count). The molecule has 0 aromatic heterocycles. The van der Waals surface area contributed by atoms with Gasteiger partial charge in [0.05, 0.1) is 0 Å². The van der Waals surface area contributed by atoms with Crippen LogP contribution in [0.1, 0.15) is 188 Å². The van der Waals surface area contributed by atoms with E-state index in [1.54, 1.807) is 0 Å². The first-order valence-electron chi connectivity index (χ1n) is 19.6. The van der Waals surface area contributed by atoms with Crippen LogP contribution >= 0.6 is 0 Å². The smallest absolute Gasteiger partial charge is 0.0246 e. The summed E-state index contributed by atoms with van der Waals surface area (Å²) in [4.78, 5) is 0. The molecule has 6 aliphatic rings. The van der Waals surface area contributed by atoms with Crippen molar-refractivity contribution in [1.29, 1.82) is 0 Å². The number of hydrogen-bond donors (Lipinski definition) is 0. The second-order valence-electron chi connectivity index (χ2n) is 21.0. The van der Waals surface area contributed by atoms with Gasteiger partial charge in [-0.2, -0.15) is 0 Å². The van der Waals surface area contributed by atoms with Gasteiger partial charge in [0.1, 0.15) is 0 Å². The molecule has 0 aliphatic heterocycles. The summed E-state index contributed by atoms with van der Waals surface area (Å²) in [6.07, 6.45) is 17.6. The molecule has 0 aromatic rings. The lowest BCUT2D eigenvalue weighted by molar-refractivity contribution is 0.0903. The van der Waals surface area contributed by atoms with E-state index in [4.69, 9.17) is 0 Å². The highest BCUT2D eigenvalue weighted by molar-refractivity contribution is 5.09. The summed E-state index contributed by atoms with van der Waals surface area (Å²) in [5, 5.41) is 0. The Kier molecular flexibility index (Phi) is 11.9.